The molecule has 2 rings (SSSR count). The molecule has 2 aromatic carbocycles. The second-order valence-electron chi connectivity index (χ2n) is 4.63. The van der Waals surface area contributed by atoms with Gasteiger partial charge in [0.1, 0.15) is 0 Å². The molecule has 1 N–H and O–H groups in total. The van der Waals surface area contributed by atoms with E-state index in [9.17, 15) is 5.11 Å². The first-order valence-electron chi connectivity index (χ1n) is 6.16. The summed E-state index contributed by atoms with van der Waals surface area (Å²) in [6, 6.07) is 16.5. The first-order valence-corrected chi connectivity index (χ1v) is 6.16. The van der Waals surface area contributed by atoms with Crippen molar-refractivity contribution in [1.29, 1.82) is 0 Å². The first kappa shape index (κ1) is 12.7. The number of rotatable bonds is 4. The molecule has 0 atom stereocenters. The van der Waals surface area contributed by atoms with Crippen LogP contribution in [0.3, 0.4) is 0 Å². The summed E-state index contributed by atoms with van der Waals surface area (Å²) in [5.41, 5.74) is 4.51. The zero-order valence-electron chi connectivity index (χ0n) is 10.9. The lowest BCUT2D eigenvalue weighted by molar-refractivity contribution is 0.282. The van der Waals surface area contributed by atoms with E-state index in [-0.39, 0.29) is 6.61 Å². The van der Waals surface area contributed by atoms with Crippen LogP contribution in [0.4, 0.5) is 5.69 Å². The van der Waals surface area contributed by atoms with E-state index < -0.39 is 0 Å². The minimum atomic E-state index is 0.0795. The maximum Gasteiger partial charge on any atom is 0.0702 e. The van der Waals surface area contributed by atoms with Crippen LogP contribution in [0.1, 0.15) is 16.7 Å². The number of hydrogen-bond acceptors (Lipinski definition) is 2. The maximum atomic E-state index is 9.43. The summed E-state index contributed by atoms with van der Waals surface area (Å²) in [7, 11) is 2.05. The number of aliphatic hydroxyl groups is 1. The van der Waals surface area contributed by atoms with E-state index in [1.807, 2.05) is 31.2 Å². The third kappa shape index (κ3) is 2.90. The Balaban J connectivity index is 2.21. The quantitative estimate of drug-likeness (QED) is 0.889. The lowest BCUT2D eigenvalue weighted by atomic mass is 10.1. The van der Waals surface area contributed by atoms with Gasteiger partial charge < -0.3 is 10.0 Å². The van der Waals surface area contributed by atoms with E-state index in [2.05, 4.69) is 36.2 Å². The Morgan fingerprint density at radius 3 is 2.44 bits per heavy atom. The van der Waals surface area contributed by atoms with Crippen LogP contribution in [0, 0.1) is 6.92 Å². The SMILES string of the molecule is Cc1ccc(N(C)Cc2ccccc2)c(CO)c1. The van der Waals surface area contributed by atoms with Gasteiger partial charge in [0.05, 0.1) is 6.61 Å². The third-order valence-electron chi connectivity index (χ3n) is 3.08. The van der Waals surface area contributed by atoms with Gasteiger partial charge in [-0.1, -0.05) is 48.0 Å². The lowest BCUT2D eigenvalue weighted by Gasteiger charge is -2.22. The molecule has 2 nitrogen and oxygen atoms in total. The van der Waals surface area contributed by atoms with E-state index in [4.69, 9.17) is 0 Å². The smallest absolute Gasteiger partial charge is 0.0702 e. The molecular weight excluding hydrogens is 222 g/mol. The maximum absolute atomic E-state index is 9.43. The monoisotopic (exact) mass is 241 g/mol. The van der Waals surface area contributed by atoms with Crippen molar-refractivity contribution in [2.45, 2.75) is 20.1 Å². The van der Waals surface area contributed by atoms with Gasteiger partial charge in [0.25, 0.3) is 0 Å². The Hall–Kier alpha value is -1.80. The Morgan fingerprint density at radius 2 is 1.78 bits per heavy atom. The summed E-state index contributed by atoms with van der Waals surface area (Å²) >= 11 is 0. The van der Waals surface area contributed by atoms with Crippen LogP contribution in [0.15, 0.2) is 48.5 Å². The molecule has 2 aromatic rings. The molecule has 0 radical (unpaired) electrons. The molecule has 0 aliphatic heterocycles. The third-order valence-corrected chi connectivity index (χ3v) is 3.08. The van der Waals surface area contributed by atoms with Crippen LogP contribution < -0.4 is 4.90 Å². The summed E-state index contributed by atoms with van der Waals surface area (Å²) in [4.78, 5) is 2.17. The van der Waals surface area contributed by atoms with Gasteiger partial charge >= 0.3 is 0 Å². The van der Waals surface area contributed by atoms with Crippen molar-refractivity contribution in [2.24, 2.45) is 0 Å². The number of aliphatic hydroxyl groups excluding tert-OH is 1. The fourth-order valence-corrected chi connectivity index (χ4v) is 2.16. The minimum Gasteiger partial charge on any atom is -0.392 e. The Morgan fingerprint density at radius 1 is 1.06 bits per heavy atom. The summed E-state index contributed by atoms with van der Waals surface area (Å²) in [5, 5.41) is 9.43. The molecule has 0 saturated carbocycles. The molecule has 0 saturated heterocycles. The van der Waals surface area contributed by atoms with Crippen LogP contribution in [0.25, 0.3) is 0 Å². The number of benzene rings is 2. The predicted octanol–water partition coefficient (Wildman–Crippen LogP) is 3.12. The molecular formula is C16H19NO. The van der Waals surface area contributed by atoms with Crippen LogP contribution in [0.2, 0.25) is 0 Å². The molecule has 0 aromatic heterocycles. The van der Waals surface area contributed by atoms with E-state index in [0.717, 1.165) is 17.8 Å². The summed E-state index contributed by atoms with van der Waals surface area (Å²) < 4.78 is 0. The van der Waals surface area contributed by atoms with Gasteiger partial charge in [-0.3, -0.25) is 0 Å². The fraction of sp³-hybridized carbons (Fsp3) is 0.250. The van der Waals surface area contributed by atoms with Crippen molar-refractivity contribution in [3.05, 3.63) is 65.2 Å². The summed E-state index contributed by atoms with van der Waals surface area (Å²) in [5.74, 6) is 0. The number of nitrogens with zero attached hydrogens (tertiary/aromatic N) is 1. The predicted molar refractivity (Wildman–Crippen MR) is 75.7 cm³/mol. The van der Waals surface area contributed by atoms with Crippen molar-refractivity contribution in [1.82, 2.24) is 0 Å². The van der Waals surface area contributed by atoms with Gasteiger partial charge in [-0.2, -0.15) is 0 Å². The highest BCUT2D eigenvalue weighted by atomic mass is 16.3. The molecule has 0 amide bonds. The van der Waals surface area contributed by atoms with Crippen LogP contribution in [0.5, 0.6) is 0 Å². The Labute approximate surface area is 109 Å². The topological polar surface area (TPSA) is 23.5 Å². The normalized spacial score (nSPS) is 10.4. The molecule has 0 fully saturated rings. The zero-order chi connectivity index (χ0) is 13.0. The van der Waals surface area contributed by atoms with Crippen molar-refractivity contribution in [3.8, 4) is 0 Å². The van der Waals surface area contributed by atoms with Gasteiger partial charge in [0.2, 0.25) is 0 Å². The number of hydrogen-bond donors (Lipinski definition) is 1. The van der Waals surface area contributed by atoms with Gasteiger partial charge in [-0.05, 0) is 18.6 Å². The highest BCUT2D eigenvalue weighted by Crippen LogP contribution is 2.22. The van der Waals surface area contributed by atoms with Crippen LogP contribution in [-0.2, 0) is 13.2 Å². The first-order chi connectivity index (χ1) is 8.70. The average Bonchev–Trinajstić information content (AvgIpc) is 2.39. The molecule has 0 aliphatic carbocycles. The van der Waals surface area contributed by atoms with Crippen molar-refractivity contribution in [2.75, 3.05) is 11.9 Å². The zero-order valence-corrected chi connectivity index (χ0v) is 10.9. The summed E-state index contributed by atoms with van der Waals surface area (Å²) in [6.07, 6.45) is 0. The minimum absolute atomic E-state index is 0.0795. The Kier molecular flexibility index (Phi) is 4.00. The van der Waals surface area contributed by atoms with Crippen molar-refractivity contribution in [3.63, 3.8) is 0 Å². The highest BCUT2D eigenvalue weighted by molar-refractivity contribution is 5.54. The van der Waals surface area contributed by atoms with Gasteiger partial charge in [0.15, 0.2) is 0 Å². The molecule has 94 valence electrons. The standard InChI is InChI=1S/C16H19NO/c1-13-8-9-16(15(10-13)12-18)17(2)11-14-6-4-3-5-7-14/h3-10,18H,11-12H2,1-2H3. The molecule has 0 spiro atoms. The molecule has 2 heteroatoms. The average molecular weight is 241 g/mol. The van der Waals surface area contributed by atoms with Crippen molar-refractivity contribution < 1.29 is 5.11 Å². The highest BCUT2D eigenvalue weighted by Gasteiger charge is 2.07. The summed E-state index contributed by atoms with van der Waals surface area (Å²) in [6.45, 7) is 2.97. The molecule has 18 heavy (non-hydrogen) atoms. The molecule has 0 bridgehead atoms. The van der Waals surface area contributed by atoms with Gasteiger partial charge in [-0.15, -0.1) is 0 Å². The second kappa shape index (κ2) is 5.69. The lowest BCUT2D eigenvalue weighted by Crippen LogP contribution is -2.18. The molecule has 0 unspecified atom stereocenters. The number of anilines is 1. The van der Waals surface area contributed by atoms with Crippen LogP contribution in [-0.4, -0.2) is 12.2 Å². The molecule has 0 aliphatic rings. The van der Waals surface area contributed by atoms with E-state index in [0.29, 0.717) is 0 Å². The number of aryl methyl sites for hydroxylation is 1. The largest absolute Gasteiger partial charge is 0.392 e. The molecule has 0 heterocycles. The van der Waals surface area contributed by atoms with Gasteiger partial charge in [-0.25, -0.2) is 0 Å². The van der Waals surface area contributed by atoms with Crippen molar-refractivity contribution >= 4 is 5.69 Å². The van der Waals surface area contributed by atoms with Crippen LogP contribution >= 0.6 is 0 Å². The van der Waals surface area contributed by atoms with E-state index in [1.54, 1.807) is 0 Å². The van der Waals surface area contributed by atoms with Gasteiger partial charge in [0, 0.05) is 24.8 Å². The Bertz CT molecular complexity index is 508. The second-order valence-corrected chi connectivity index (χ2v) is 4.63. The van der Waals surface area contributed by atoms with E-state index in [1.165, 1.54) is 11.1 Å². The fourth-order valence-electron chi connectivity index (χ4n) is 2.16. The van der Waals surface area contributed by atoms with E-state index >= 15 is 0 Å².